The smallest absolute Gasteiger partial charge is 0.335 e. The Balaban J connectivity index is 0.914. The standard InChI is InChI=1S/C60H98O30/c1-20-29(64)33(68)37(72)48(80-20)87-42-35(70)30(65)21(2)81-50(42)88-43-36(71)32(67)23(19-62)83-51(43)85-40-39(74)41(47(77)78)86-52(44(40)89-49-38(73)34(69)31(66)22(18-61)82-49)84-28-12-13-56(7)24(55(28,5)6)10-14-57(8)25(56)11-15-59-26-16-54(3,4)45(75)46(76)60(26,53(79)90-59)27(63)17-58(57,59)9/h20-46,48-53,61-76,79H,10-19H2,1-9H3,(H,77,78)/t20?,21?,22?,23?,24?,25?,26?,27-,28+,29+,30+,31+,32+,33+,34+,35+,36+,37?,38?,39-,40+,41?,42?,43?,44?,45+,46+,48+,49+,50+,51+,52-,53+,56+,57-,58+,59+,60-/m1/s1. The number of ether oxygens (including phenoxy) is 11. The SMILES string of the molecule is CC1O[C@@H](OC2[C@H](OC3[C@H](O[C@@H]4C(O[C@@H]5OC(CO)[C@H](O)[C@H](O)C5O)[C@H](O[C@H]5CC[C@@]6(C)C(CC[C@]7(C)C6CC[C@]68O[C@H](O)[C@]9(C6CC(C)(C)[C@@H](O)[C@@H]9O)[C@H](O)C[C@]87C)C5(C)C)OC(C(=O)O)[C@@H]4O)OC(CO)[C@H](O)[C@@H]3O)OC(C)[C@H](O)[C@@H]2O)C(O)[C@@H](O)[C@H]1O. The summed E-state index contributed by atoms with van der Waals surface area (Å²) in [5.74, 6) is -2.44. The van der Waals surface area contributed by atoms with Crippen molar-refractivity contribution in [1.29, 1.82) is 0 Å². The third-order valence-electron chi connectivity index (χ3n) is 24.9. The number of hydrogen-bond donors (Lipinski definition) is 18. The van der Waals surface area contributed by atoms with Gasteiger partial charge >= 0.3 is 5.97 Å². The highest BCUT2D eigenvalue weighted by molar-refractivity contribution is 5.73. The first kappa shape index (κ1) is 69.7. The second-order valence-electron chi connectivity index (χ2n) is 30.1. The molecule has 30 heteroatoms. The first-order chi connectivity index (χ1) is 41.9. The van der Waals surface area contributed by atoms with Crippen molar-refractivity contribution in [2.45, 2.75) is 304 Å². The molecule has 1 spiro atoms. The molecule has 11 aliphatic rings. The molecule has 13 unspecified atom stereocenters. The molecule has 11 fully saturated rings. The van der Waals surface area contributed by atoms with E-state index in [1.165, 1.54) is 13.8 Å². The number of rotatable bonds is 13. The molecule has 2 bridgehead atoms. The van der Waals surface area contributed by atoms with Gasteiger partial charge in [0.15, 0.2) is 43.8 Å². The molecule has 90 heavy (non-hydrogen) atoms. The summed E-state index contributed by atoms with van der Waals surface area (Å²) in [7, 11) is 0. The Hall–Kier alpha value is -1.65. The van der Waals surface area contributed by atoms with Crippen LogP contribution in [0.15, 0.2) is 0 Å². The summed E-state index contributed by atoms with van der Waals surface area (Å²) in [6, 6.07) is 0. The number of aliphatic hydroxyl groups excluding tert-OH is 17. The van der Waals surface area contributed by atoms with Crippen LogP contribution in [0.5, 0.6) is 0 Å². The van der Waals surface area contributed by atoms with E-state index in [-0.39, 0.29) is 24.7 Å². The van der Waals surface area contributed by atoms with Crippen molar-refractivity contribution >= 4 is 5.97 Å². The first-order valence-electron chi connectivity index (χ1n) is 31.8. The topological polar surface area (TPSA) is 483 Å². The van der Waals surface area contributed by atoms with E-state index in [4.69, 9.17) is 52.1 Å². The van der Waals surface area contributed by atoms with Crippen LogP contribution in [0.25, 0.3) is 0 Å². The van der Waals surface area contributed by atoms with E-state index < -0.39 is 247 Å². The lowest BCUT2D eigenvalue weighted by molar-refractivity contribution is -0.412. The summed E-state index contributed by atoms with van der Waals surface area (Å²) in [6.45, 7) is 15.1. The fraction of sp³-hybridized carbons (Fsp3) is 0.983. The molecule has 0 aromatic rings. The molecule has 11 rings (SSSR count). The fourth-order valence-corrected chi connectivity index (χ4v) is 19.6. The van der Waals surface area contributed by atoms with Crippen molar-refractivity contribution in [3.05, 3.63) is 0 Å². The molecule has 518 valence electrons. The Labute approximate surface area is 520 Å². The second-order valence-corrected chi connectivity index (χ2v) is 30.1. The Bertz CT molecular complexity index is 2550. The molecule has 6 heterocycles. The number of hydrogen-bond acceptors (Lipinski definition) is 29. The predicted octanol–water partition coefficient (Wildman–Crippen LogP) is -5.12. The predicted molar refractivity (Wildman–Crippen MR) is 296 cm³/mol. The minimum absolute atomic E-state index is 0.0252. The van der Waals surface area contributed by atoms with Crippen LogP contribution in [0.2, 0.25) is 0 Å². The molecule has 5 aliphatic carbocycles. The zero-order valence-corrected chi connectivity index (χ0v) is 52.1. The zero-order chi connectivity index (χ0) is 66.0. The molecule has 0 aromatic heterocycles. The molecule has 6 saturated heterocycles. The lowest BCUT2D eigenvalue weighted by atomic mass is 9.30. The Kier molecular flexibility index (Phi) is 18.9. The molecule has 5 saturated carbocycles. The van der Waals surface area contributed by atoms with Crippen LogP contribution in [0, 0.1) is 50.2 Å². The molecule has 38 atom stereocenters. The molecular weight excluding hydrogens is 1200 g/mol. The summed E-state index contributed by atoms with van der Waals surface area (Å²) >= 11 is 0. The van der Waals surface area contributed by atoms with Crippen molar-refractivity contribution < 1.29 is 149 Å². The van der Waals surface area contributed by atoms with Crippen molar-refractivity contribution in [3.63, 3.8) is 0 Å². The van der Waals surface area contributed by atoms with Gasteiger partial charge in [0.25, 0.3) is 0 Å². The van der Waals surface area contributed by atoms with Gasteiger partial charge in [-0.15, -0.1) is 0 Å². The number of aliphatic carboxylic acids is 1. The second kappa shape index (κ2) is 24.4. The molecule has 0 amide bonds. The van der Waals surface area contributed by atoms with Gasteiger partial charge in [-0.25, -0.2) is 4.79 Å². The van der Waals surface area contributed by atoms with E-state index in [0.29, 0.717) is 38.5 Å². The van der Waals surface area contributed by atoms with Crippen LogP contribution in [-0.2, 0) is 56.9 Å². The van der Waals surface area contributed by atoms with E-state index >= 15 is 0 Å². The molecule has 6 aliphatic heterocycles. The van der Waals surface area contributed by atoms with Crippen LogP contribution < -0.4 is 0 Å². The monoisotopic (exact) mass is 1300 g/mol. The summed E-state index contributed by atoms with van der Waals surface area (Å²) in [4.78, 5) is 13.4. The first-order valence-corrected chi connectivity index (χ1v) is 31.8. The van der Waals surface area contributed by atoms with Crippen LogP contribution in [0.4, 0.5) is 0 Å². The van der Waals surface area contributed by atoms with Gasteiger partial charge in [-0.3, -0.25) is 0 Å². The maximum absolute atomic E-state index is 13.4. The quantitative estimate of drug-likeness (QED) is 0.0767. The van der Waals surface area contributed by atoms with Gasteiger partial charge in [-0.1, -0.05) is 48.5 Å². The maximum Gasteiger partial charge on any atom is 0.335 e. The van der Waals surface area contributed by atoms with Crippen molar-refractivity contribution in [2.75, 3.05) is 13.2 Å². The Morgan fingerprint density at radius 1 is 0.467 bits per heavy atom. The van der Waals surface area contributed by atoms with E-state index in [1.54, 1.807) is 0 Å². The van der Waals surface area contributed by atoms with E-state index in [9.17, 15) is 96.7 Å². The van der Waals surface area contributed by atoms with Gasteiger partial charge < -0.3 is 144 Å². The molecule has 0 aromatic carbocycles. The summed E-state index contributed by atoms with van der Waals surface area (Å²) in [5.41, 5.74) is -5.87. The molecule has 0 radical (unpaired) electrons. The number of carbonyl (C=O) groups is 1. The van der Waals surface area contributed by atoms with Crippen LogP contribution in [0.3, 0.4) is 0 Å². The van der Waals surface area contributed by atoms with Gasteiger partial charge in [0.05, 0.1) is 60.9 Å². The highest BCUT2D eigenvalue weighted by atomic mass is 16.8. The van der Waals surface area contributed by atoms with Gasteiger partial charge in [0, 0.05) is 11.3 Å². The van der Waals surface area contributed by atoms with E-state index in [1.807, 2.05) is 27.7 Å². The van der Waals surface area contributed by atoms with Gasteiger partial charge in [-0.2, -0.15) is 0 Å². The largest absolute Gasteiger partial charge is 0.479 e. The van der Waals surface area contributed by atoms with Crippen molar-refractivity contribution in [3.8, 4) is 0 Å². The fourth-order valence-electron chi connectivity index (χ4n) is 19.6. The molecular formula is C60H98O30. The number of aliphatic hydroxyl groups is 17. The number of carboxylic acids is 1. The van der Waals surface area contributed by atoms with E-state index in [2.05, 4.69) is 20.8 Å². The van der Waals surface area contributed by atoms with Crippen molar-refractivity contribution in [1.82, 2.24) is 0 Å². The number of fused-ring (bicyclic) bond motifs is 4. The third kappa shape index (κ3) is 10.3. The highest BCUT2D eigenvalue weighted by Gasteiger charge is 2.85. The minimum atomic E-state index is -2.35. The summed E-state index contributed by atoms with van der Waals surface area (Å²) in [6.07, 6.45) is -50.4. The highest BCUT2D eigenvalue weighted by Crippen LogP contribution is 2.81. The van der Waals surface area contributed by atoms with Crippen molar-refractivity contribution in [2.24, 2.45) is 50.2 Å². The third-order valence-corrected chi connectivity index (χ3v) is 24.9. The van der Waals surface area contributed by atoms with Gasteiger partial charge in [0.2, 0.25) is 0 Å². The van der Waals surface area contributed by atoms with Crippen LogP contribution in [-0.4, -0.2) is 301 Å². The van der Waals surface area contributed by atoms with E-state index in [0.717, 1.165) is 0 Å². The normalized spacial score (nSPS) is 58.2. The Morgan fingerprint density at radius 2 is 0.956 bits per heavy atom. The van der Waals surface area contributed by atoms with Crippen LogP contribution >= 0.6 is 0 Å². The summed E-state index contributed by atoms with van der Waals surface area (Å²) in [5, 5.41) is 203. The minimum Gasteiger partial charge on any atom is -0.479 e. The summed E-state index contributed by atoms with van der Waals surface area (Å²) < 4.78 is 68.5. The lowest BCUT2D eigenvalue weighted by Gasteiger charge is -2.75. The lowest BCUT2D eigenvalue weighted by Crippen LogP contribution is -2.76. The van der Waals surface area contributed by atoms with Gasteiger partial charge in [-0.05, 0) is 98.7 Å². The molecule has 30 nitrogen and oxygen atoms in total. The van der Waals surface area contributed by atoms with Gasteiger partial charge in [0.1, 0.15) is 104 Å². The van der Waals surface area contributed by atoms with Crippen LogP contribution in [0.1, 0.15) is 114 Å². The zero-order valence-electron chi connectivity index (χ0n) is 52.1. The average molecular weight is 1300 g/mol. The molecule has 18 N–H and O–H groups in total. The maximum atomic E-state index is 13.4. The Morgan fingerprint density at radius 3 is 1.57 bits per heavy atom. The average Bonchev–Trinajstić information content (AvgIpc) is 1.36. The number of carboxylic acid groups (broad SMARTS) is 1.